The molecule has 0 aromatic heterocycles. The number of halogens is 1. The van der Waals surface area contributed by atoms with Gasteiger partial charge in [-0.25, -0.2) is 0 Å². The highest BCUT2D eigenvalue weighted by Gasteiger charge is 2.17. The summed E-state index contributed by atoms with van der Waals surface area (Å²) >= 11 is 7.58. The van der Waals surface area contributed by atoms with E-state index in [4.69, 9.17) is 17.3 Å². The molecule has 2 aromatic rings. The minimum Gasteiger partial charge on any atom is -0.370 e. The molecule has 0 saturated carbocycles. The van der Waals surface area contributed by atoms with Crippen LogP contribution in [0.25, 0.3) is 0 Å². The molecule has 104 valence electrons. The Morgan fingerprint density at radius 1 is 1.25 bits per heavy atom. The van der Waals surface area contributed by atoms with Crippen LogP contribution in [-0.2, 0) is 4.79 Å². The summed E-state index contributed by atoms with van der Waals surface area (Å²) in [6.07, 6.45) is 2.00. The van der Waals surface area contributed by atoms with Gasteiger partial charge in [0.25, 0.3) is 0 Å². The fourth-order valence-corrected chi connectivity index (χ4v) is 2.46. The molecule has 0 saturated heterocycles. The van der Waals surface area contributed by atoms with Gasteiger partial charge in [-0.3, -0.25) is 4.79 Å². The topological polar surface area (TPSA) is 55.1 Å². The Balaban J connectivity index is 2.24. The molecular formula is C15H15ClN2OS. The lowest BCUT2D eigenvalue weighted by Gasteiger charge is -2.17. The minimum atomic E-state index is -0.579. The van der Waals surface area contributed by atoms with Crippen molar-refractivity contribution in [2.45, 2.75) is 10.9 Å². The number of hydrogen-bond donors (Lipinski definition) is 2. The molecule has 3 N–H and O–H groups in total. The third-order valence-corrected chi connectivity index (χ3v) is 3.85. The fraction of sp³-hybridized carbons (Fsp3) is 0.133. The lowest BCUT2D eigenvalue weighted by atomic mass is 10.1. The van der Waals surface area contributed by atoms with E-state index in [0.717, 1.165) is 16.1 Å². The average Bonchev–Trinajstić information content (AvgIpc) is 2.45. The van der Waals surface area contributed by atoms with Crippen LogP contribution in [0.4, 0.5) is 5.69 Å². The van der Waals surface area contributed by atoms with Crippen molar-refractivity contribution in [1.29, 1.82) is 0 Å². The molecule has 1 amide bonds. The lowest BCUT2D eigenvalue weighted by molar-refractivity contribution is -0.118. The number of nitrogens with one attached hydrogen (secondary N) is 1. The van der Waals surface area contributed by atoms with Crippen LogP contribution in [0.5, 0.6) is 0 Å². The molecule has 3 nitrogen and oxygen atoms in total. The first-order valence-electron chi connectivity index (χ1n) is 6.05. The zero-order valence-corrected chi connectivity index (χ0v) is 12.5. The summed E-state index contributed by atoms with van der Waals surface area (Å²) < 4.78 is 0. The van der Waals surface area contributed by atoms with Crippen molar-refractivity contribution in [3.8, 4) is 0 Å². The molecule has 0 aliphatic carbocycles. The van der Waals surface area contributed by atoms with Gasteiger partial charge in [0.2, 0.25) is 5.91 Å². The predicted molar refractivity (Wildman–Crippen MR) is 85.2 cm³/mol. The second-order valence-corrected chi connectivity index (χ2v) is 5.58. The Labute approximate surface area is 127 Å². The van der Waals surface area contributed by atoms with Crippen molar-refractivity contribution in [2.75, 3.05) is 11.6 Å². The Morgan fingerprint density at radius 3 is 2.50 bits per heavy atom. The molecular weight excluding hydrogens is 292 g/mol. The molecule has 1 unspecified atom stereocenters. The number of nitrogens with two attached hydrogens (primary N) is 1. The van der Waals surface area contributed by atoms with Gasteiger partial charge in [0.05, 0.1) is 0 Å². The Hall–Kier alpha value is -1.65. The lowest BCUT2D eigenvalue weighted by Crippen LogP contribution is -2.27. The second kappa shape index (κ2) is 6.68. The van der Waals surface area contributed by atoms with Crippen LogP contribution >= 0.6 is 23.4 Å². The van der Waals surface area contributed by atoms with E-state index >= 15 is 0 Å². The van der Waals surface area contributed by atoms with E-state index in [9.17, 15) is 4.79 Å². The van der Waals surface area contributed by atoms with Gasteiger partial charge in [0, 0.05) is 15.6 Å². The number of rotatable bonds is 5. The van der Waals surface area contributed by atoms with Crippen LogP contribution < -0.4 is 11.1 Å². The van der Waals surface area contributed by atoms with E-state index in [2.05, 4.69) is 5.32 Å². The first-order valence-corrected chi connectivity index (χ1v) is 7.66. The van der Waals surface area contributed by atoms with Gasteiger partial charge in [0.1, 0.15) is 6.04 Å². The molecule has 5 heteroatoms. The maximum atomic E-state index is 11.7. The zero-order valence-electron chi connectivity index (χ0n) is 11.0. The number of anilines is 1. The number of primary amides is 1. The molecule has 2 rings (SSSR count). The summed E-state index contributed by atoms with van der Waals surface area (Å²) in [5, 5.41) is 3.71. The van der Waals surface area contributed by atoms with Gasteiger partial charge in [-0.15, -0.1) is 11.8 Å². The monoisotopic (exact) mass is 306 g/mol. The van der Waals surface area contributed by atoms with Crippen molar-refractivity contribution in [1.82, 2.24) is 0 Å². The molecule has 0 fully saturated rings. The molecule has 0 radical (unpaired) electrons. The molecule has 1 atom stereocenters. The van der Waals surface area contributed by atoms with E-state index in [1.165, 1.54) is 0 Å². The van der Waals surface area contributed by atoms with Crippen LogP contribution in [0.15, 0.2) is 53.4 Å². The summed E-state index contributed by atoms with van der Waals surface area (Å²) in [4.78, 5) is 12.8. The van der Waals surface area contributed by atoms with Crippen LogP contribution in [0.1, 0.15) is 11.6 Å². The van der Waals surface area contributed by atoms with E-state index in [1.54, 1.807) is 23.9 Å². The summed E-state index contributed by atoms with van der Waals surface area (Å²) in [5.41, 5.74) is 7.07. The Morgan fingerprint density at radius 2 is 1.95 bits per heavy atom. The maximum Gasteiger partial charge on any atom is 0.244 e. The molecule has 0 bridgehead atoms. The van der Waals surface area contributed by atoms with Crippen molar-refractivity contribution in [3.05, 3.63) is 59.1 Å². The predicted octanol–water partition coefficient (Wildman–Crippen LogP) is 3.70. The first kappa shape index (κ1) is 14.8. The molecule has 0 aliphatic heterocycles. The van der Waals surface area contributed by atoms with Gasteiger partial charge < -0.3 is 11.1 Å². The van der Waals surface area contributed by atoms with E-state index in [1.807, 2.05) is 42.7 Å². The second-order valence-electron chi connectivity index (χ2n) is 4.26. The van der Waals surface area contributed by atoms with Crippen LogP contribution in [0, 0.1) is 0 Å². The molecule has 0 heterocycles. The largest absolute Gasteiger partial charge is 0.370 e. The van der Waals surface area contributed by atoms with E-state index in [-0.39, 0.29) is 0 Å². The number of thioether (sulfide) groups is 1. The highest BCUT2D eigenvalue weighted by molar-refractivity contribution is 7.98. The summed E-state index contributed by atoms with van der Waals surface area (Å²) in [5.74, 6) is -0.429. The van der Waals surface area contributed by atoms with Crippen LogP contribution in [-0.4, -0.2) is 12.2 Å². The minimum absolute atomic E-state index is 0.429. The third-order valence-electron chi connectivity index (χ3n) is 2.87. The van der Waals surface area contributed by atoms with Crippen molar-refractivity contribution >= 4 is 35.0 Å². The zero-order chi connectivity index (χ0) is 14.5. The maximum absolute atomic E-state index is 11.7. The fourth-order valence-electron chi connectivity index (χ4n) is 1.86. The van der Waals surface area contributed by atoms with Gasteiger partial charge >= 0.3 is 0 Å². The van der Waals surface area contributed by atoms with Gasteiger partial charge in [0.15, 0.2) is 0 Å². The molecule has 0 spiro atoms. The van der Waals surface area contributed by atoms with Crippen molar-refractivity contribution < 1.29 is 4.79 Å². The highest BCUT2D eigenvalue weighted by Crippen LogP contribution is 2.24. The van der Waals surface area contributed by atoms with Gasteiger partial charge in [-0.2, -0.15) is 0 Å². The van der Waals surface area contributed by atoms with Crippen molar-refractivity contribution in [2.24, 2.45) is 5.73 Å². The number of carbonyl (C=O) groups is 1. The first-order chi connectivity index (χ1) is 9.60. The Bertz CT molecular complexity index is 601. The normalized spacial score (nSPS) is 11.9. The Kier molecular flexibility index (Phi) is 4.93. The standard InChI is InChI=1S/C15H15ClN2OS/c1-20-13-7-5-10(6-8-13)14(15(17)19)18-12-4-2-3-11(16)9-12/h2-9,14,18H,1H3,(H2,17,19). The average molecular weight is 307 g/mol. The van der Waals surface area contributed by atoms with Crippen molar-refractivity contribution in [3.63, 3.8) is 0 Å². The van der Waals surface area contributed by atoms with Gasteiger partial charge in [-0.1, -0.05) is 29.8 Å². The quantitative estimate of drug-likeness (QED) is 0.828. The number of amides is 1. The number of hydrogen-bond acceptors (Lipinski definition) is 3. The smallest absolute Gasteiger partial charge is 0.244 e. The molecule has 0 aliphatic rings. The summed E-state index contributed by atoms with van der Waals surface area (Å²) in [6, 6.07) is 14.4. The number of carbonyl (C=O) groups excluding carboxylic acids is 1. The van der Waals surface area contributed by atoms with E-state index in [0.29, 0.717) is 5.02 Å². The highest BCUT2D eigenvalue weighted by atomic mass is 35.5. The summed E-state index contributed by atoms with van der Waals surface area (Å²) in [7, 11) is 0. The van der Waals surface area contributed by atoms with Crippen LogP contribution in [0.3, 0.4) is 0 Å². The van der Waals surface area contributed by atoms with E-state index < -0.39 is 11.9 Å². The molecule has 2 aromatic carbocycles. The third kappa shape index (κ3) is 3.68. The number of benzene rings is 2. The SMILES string of the molecule is CSc1ccc(C(Nc2cccc(Cl)c2)C(N)=O)cc1. The molecule has 20 heavy (non-hydrogen) atoms. The van der Waals surface area contributed by atoms with Gasteiger partial charge in [-0.05, 0) is 42.2 Å². The van der Waals surface area contributed by atoms with Crippen LogP contribution in [0.2, 0.25) is 5.02 Å². The summed E-state index contributed by atoms with van der Waals surface area (Å²) in [6.45, 7) is 0.